The van der Waals surface area contributed by atoms with Crippen molar-refractivity contribution >= 4 is 16.9 Å². The maximum atomic E-state index is 11.6. The smallest absolute Gasteiger partial charge is 0.328 e. The summed E-state index contributed by atoms with van der Waals surface area (Å²) in [6, 6.07) is 8.73. The van der Waals surface area contributed by atoms with Gasteiger partial charge in [0.25, 0.3) is 0 Å². The SMILES string of the molecule is NNOC(=O)CCn1ccc(=O)c2ccccc21. The maximum absolute atomic E-state index is 11.6. The molecule has 0 spiro atoms. The fraction of sp³-hybridized carbons (Fsp3) is 0.167. The van der Waals surface area contributed by atoms with Crippen LogP contribution in [0.3, 0.4) is 0 Å². The van der Waals surface area contributed by atoms with Crippen LogP contribution in [0.5, 0.6) is 0 Å². The topological polar surface area (TPSA) is 86.3 Å². The lowest BCUT2D eigenvalue weighted by Gasteiger charge is -2.09. The van der Waals surface area contributed by atoms with Crippen LogP contribution in [0.2, 0.25) is 0 Å². The molecule has 0 saturated carbocycles. The highest BCUT2D eigenvalue weighted by atomic mass is 16.7. The number of hydrogen-bond donors (Lipinski definition) is 2. The third kappa shape index (κ3) is 2.55. The predicted molar refractivity (Wildman–Crippen MR) is 66.2 cm³/mol. The molecule has 0 aliphatic carbocycles. The number of hydrazine groups is 1. The Morgan fingerprint density at radius 2 is 2.11 bits per heavy atom. The molecule has 18 heavy (non-hydrogen) atoms. The Kier molecular flexibility index (Phi) is 3.71. The molecule has 0 atom stereocenters. The van der Waals surface area contributed by atoms with E-state index in [-0.39, 0.29) is 11.8 Å². The van der Waals surface area contributed by atoms with E-state index in [0.29, 0.717) is 11.9 Å². The van der Waals surface area contributed by atoms with Gasteiger partial charge < -0.3 is 9.40 Å². The molecule has 0 aliphatic heterocycles. The van der Waals surface area contributed by atoms with E-state index in [4.69, 9.17) is 5.84 Å². The lowest BCUT2D eigenvalue weighted by atomic mass is 10.2. The minimum absolute atomic E-state index is 0.0342. The maximum Gasteiger partial charge on any atom is 0.328 e. The van der Waals surface area contributed by atoms with Gasteiger partial charge >= 0.3 is 5.97 Å². The number of para-hydroxylation sites is 1. The minimum Gasteiger partial charge on any atom is -0.356 e. The predicted octanol–water partition coefficient (Wildman–Crippen LogP) is 0.313. The number of nitrogens with two attached hydrogens (primary N) is 1. The van der Waals surface area contributed by atoms with Crippen molar-refractivity contribution in [2.45, 2.75) is 13.0 Å². The number of nitrogens with one attached hydrogen (secondary N) is 1. The van der Waals surface area contributed by atoms with Gasteiger partial charge in [-0.2, -0.15) is 0 Å². The van der Waals surface area contributed by atoms with Gasteiger partial charge in [0.15, 0.2) is 5.43 Å². The van der Waals surface area contributed by atoms with Gasteiger partial charge in [-0.3, -0.25) is 9.59 Å². The van der Waals surface area contributed by atoms with Crippen LogP contribution in [-0.4, -0.2) is 10.5 Å². The van der Waals surface area contributed by atoms with Crippen LogP contribution < -0.4 is 16.9 Å². The molecule has 2 rings (SSSR count). The van der Waals surface area contributed by atoms with Gasteiger partial charge in [0.05, 0.1) is 11.9 Å². The van der Waals surface area contributed by atoms with Crippen molar-refractivity contribution in [3.63, 3.8) is 0 Å². The first-order chi connectivity index (χ1) is 8.72. The molecule has 0 unspecified atom stereocenters. The Morgan fingerprint density at radius 1 is 1.33 bits per heavy atom. The van der Waals surface area contributed by atoms with Crippen LogP contribution in [0, 0.1) is 0 Å². The number of aryl methyl sites for hydroxylation is 1. The van der Waals surface area contributed by atoms with Gasteiger partial charge in [-0.1, -0.05) is 17.7 Å². The van der Waals surface area contributed by atoms with Crippen LogP contribution in [0.4, 0.5) is 0 Å². The first-order valence-corrected chi connectivity index (χ1v) is 5.46. The van der Waals surface area contributed by atoms with E-state index in [1.165, 1.54) is 6.07 Å². The molecule has 3 N–H and O–H groups in total. The normalized spacial score (nSPS) is 10.5. The van der Waals surface area contributed by atoms with Crippen molar-refractivity contribution in [3.05, 3.63) is 46.8 Å². The third-order valence-electron chi connectivity index (χ3n) is 2.61. The second kappa shape index (κ2) is 5.44. The molecule has 94 valence electrons. The summed E-state index contributed by atoms with van der Waals surface area (Å²) in [5.41, 5.74) is 2.60. The molecule has 0 amide bonds. The summed E-state index contributed by atoms with van der Waals surface area (Å²) >= 11 is 0. The Hall–Kier alpha value is -2.18. The first-order valence-electron chi connectivity index (χ1n) is 5.46. The number of pyridine rings is 1. The second-order valence-electron chi connectivity index (χ2n) is 3.73. The largest absolute Gasteiger partial charge is 0.356 e. The molecule has 0 saturated heterocycles. The summed E-state index contributed by atoms with van der Waals surface area (Å²) in [4.78, 5) is 27.2. The Labute approximate surface area is 103 Å². The molecule has 1 aromatic heterocycles. The van der Waals surface area contributed by atoms with Gasteiger partial charge in [-0.25, -0.2) is 5.84 Å². The number of carbonyl (C=O) groups is 1. The van der Waals surface area contributed by atoms with E-state index in [1.54, 1.807) is 18.3 Å². The Bertz CT molecular complexity index is 621. The Balaban J connectivity index is 2.26. The number of fused-ring (bicyclic) bond motifs is 1. The quantitative estimate of drug-likeness (QED) is 0.600. The highest BCUT2D eigenvalue weighted by molar-refractivity contribution is 5.78. The molecule has 1 heterocycles. The monoisotopic (exact) mass is 247 g/mol. The number of benzene rings is 1. The van der Waals surface area contributed by atoms with Gasteiger partial charge in [0.2, 0.25) is 0 Å². The zero-order valence-electron chi connectivity index (χ0n) is 9.63. The van der Waals surface area contributed by atoms with Gasteiger partial charge in [-0.05, 0) is 12.1 Å². The first kappa shape index (κ1) is 12.3. The molecule has 6 nitrogen and oxygen atoms in total. The average Bonchev–Trinajstić information content (AvgIpc) is 2.39. The highest BCUT2D eigenvalue weighted by Crippen LogP contribution is 2.09. The molecule has 6 heteroatoms. The summed E-state index contributed by atoms with van der Waals surface area (Å²) in [7, 11) is 0. The standard InChI is InChI=1S/C12H13N3O3/c13-14-18-12(17)6-8-15-7-5-11(16)9-3-1-2-4-10(9)15/h1-5,7,14H,6,8,13H2. The summed E-state index contributed by atoms with van der Waals surface area (Å²) < 4.78 is 1.83. The van der Waals surface area contributed by atoms with Crippen molar-refractivity contribution in [2.24, 2.45) is 5.84 Å². The summed E-state index contributed by atoms with van der Waals surface area (Å²) in [5.74, 6) is 4.41. The number of carbonyl (C=O) groups excluding carboxylic acids is 1. The molecule has 0 radical (unpaired) electrons. The molecule has 0 fully saturated rings. The molecular weight excluding hydrogens is 234 g/mol. The average molecular weight is 247 g/mol. The minimum atomic E-state index is -0.458. The lowest BCUT2D eigenvalue weighted by molar-refractivity contribution is -0.151. The van der Waals surface area contributed by atoms with Crippen LogP contribution in [0.1, 0.15) is 6.42 Å². The van der Waals surface area contributed by atoms with Crippen molar-refractivity contribution in [1.82, 2.24) is 10.2 Å². The van der Waals surface area contributed by atoms with Crippen LogP contribution in [-0.2, 0) is 16.2 Å². The number of aromatic nitrogens is 1. The van der Waals surface area contributed by atoms with Gasteiger partial charge in [-0.15, -0.1) is 0 Å². The van der Waals surface area contributed by atoms with E-state index in [1.807, 2.05) is 22.3 Å². The van der Waals surface area contributed by atoms with E-state index in [9.17, 15) is 9.59 Å². The van der Waals surface area contributed by atoms with E-state index >= 15 is 0 Å². The van der Waals surface area contributed by atoms with Crippen molar-refractivity contribution in [3.8, 4) is 0 Å². The highest BCUT2D eigenvalue weighted by Gasteiger charge is 2.05. The molecule has 2 aromatic rings. The van der Waals surface area contributed by atoms with E-state index in [0.717, 1.165) is 5.52 Å². The van der Waals surface area contributed by atoms with E-state index < -0.39 is 5.97 Å². The summed E-state index contributed by atoms with van der Waals surface area (Å²) in [6.07, 6.45) is 1.82. The van der Waals surface area contributed by atoms with Crippen LogP contribution in [0.25, 0.3) is 10.9 Å². The number of nitrogens with zero attached hydrogens (tertiary/aromatic N) is 1. The number of hydrogen-bond acceptors (Lipinski definition) is 5. The lowest BCUT2D eigenvalue weighted by Crippen LogP contribution is -2.26. The fourth-order valence-electron chi connectivity index (χ4n) is 1.78. The molecule has 1 aromatic carbocycles. The zero-order valence-corrected chi connectivity index (χ0v) is 9.63. The van der Waals surface area contributed by atoms with Crippen molar-refractivity contribution < 1.29 is 9.63 Å². The third-order valence-corrected chi connectivity index (χ3v) is 2.61. The fourth-order valence-corrected chi connectivity index (χ4v) is 1.78. The molecule has 0 aliphatic rings. The van der Waals surface area contributed by atoms with Crippen LogP contribution >= 0.6 is 0 Å². The summed E-state index contributed by atoms with van der Waals surface area (Å²) in [5, 5.41) is 0.630. The zero-order chi connectivity index (χ0) is 13.0. The number of rotatable bonds is 4. The molecule has 0 bridgehead atoms. The summed E-state index contributed by atoms with van der Waals surface area (Å²) in [6.45, 7) is 0.418. The van der Waals surface area contributed by atoms with E-state index in [2.05, 4.69) is 4.84 Å². The Morgan fingerprint density at radius 3 is 2.89 bits per heavy atom. The molecular formula is C12H13N3O3. The second-order valence-corrected chi connectivity index (χ2v) is 3.73. The van der Waals surface area contributed by atoms with Crippen LogP contribution in [0.15, 0.2) is 41.3 Å². The van der Waals surface area contributed by atoms with Gasteiger partial charge in [0.1, 0.15) is 0 Å². The van der Waals surface area contributed by atoms with Crippen molar-refractivity contribution in [2.75, 3.05) is 0 Å². The van der Waals surface area contributed by atoms with Crippen molar-refractivity contribution in [1.29, 1.82) is 0 Å². The van der Waals surface area contributed by atoms with Gasteiger partial charge in [0, 0.05) is 24.2 Å².